The third-order valence-corrected chi connectivity index (χ3v) is 4.24. The standard InChI is InChI=1S/C15H15NO5S/c1-10-3-8-14(13(16)9-10)22(18,19)21-12-6-4-11(5-7-12)15(17)20-2/h3-9H,16H2,1-2H3. The van der Waals surface area contributed by atoms with Crippen LogP contribution in [0.5, 0.6) is 5.75 Å². The lowest BCUT2D eigenvalue weighted by Crippen LogP contribution is -2.12. The van der Waals surface area contributed by atoms with Crippen molar-refractivity contribution in [2.75, 3.05) is 12.8 Å². The Morgan fingerprint density at radius 3 is 2.27 bits per heavy atom. The molecular weight excluding hydrogens is 306 g/mol. The third-order valence-electron chi connectivity index (χ3n) is 2.92. The number of esters is 1. The number of hydrogen-bond donors (Lipinski definition) is 1. The van der Waals surface area contributed by atoms with Gasteiger partial charge in [0.25, 0.3) is 0 Å². The van der Waals surface area contributed by atoms with Gasteiger partial charge in [0.05, 0.1) is 18.4 Å². The van der Waals surface area contributed by atoms with Gasteiger partial charge in [-0.15, -0.1) is 0 Å². The molecule has 2 aromatic carbocycles. The molecule has 22 heavy (non-hydrogen) atoms. The summed E-state index contributed by atoms with van der Waals surface area (Å²) in [6.07, 6.45) is 0. The fourth-order valence-corrected chi connectivity index (χ4v) is 2.87. The fourth-order valence-electron chi connectivity index (χ4n) is 1.83. The van der Waals surface area contributed by atoms with E-state index in [1.807, 2.05) is 0 Å². The van der Waals surface area contributed by atoms with Crippen LogP contribution in [0.4, 0.5) is 5.69 Å². The minimum Gasteiger partial charge on any atom is -0.465 e. The van der Waals surface area contributed by atoms with E-state index in [1.165, 1.54) is 37.4 Å². The van der Waals surface area contributed by atoms with Crippen LogP contribution in [0.25, 0.3) is 0 Å². The second-order valence-electron chi connectivity index (χ2n) is 4.59. The zero-order valence-corrected chi connectivity index (χ0v) is 12.9. The van der Waals surface area contributed by atoms with Gasteiger partial charge in [-0.3, -0.25) is 0 Å². The van der Waals surface area contributed by atoms with Crippen molar-refractivity contribution in [2.45, 2.75) is 11.8 Å². The smallest absolute Gasteiger partial charge is 0.341 e. The van der Waals surface area contributed by atoms with Crippen LogP contribution < -0.4 is 9.92 Å². The largest absolute Gasteiger partial charge is 0.465 e. The van der Waals surface area contributed by atoms with Gasteiger partial charge < -0.3 is 14.7 Å². The Kier molecular flexibility index (Phi) is 4.37. The summed E-state index contributed by atoms with van der Waals surface area (Å²) in [5, 5.41) is 0. The van der Waals surface area contributed by atoms with E-state index >= 15 is 0 Å². The van der Waals surface area contributed by atoms with E-state index < -0.39 is 16.1 Å². The molecule has 0 unspecified atom stereocenters. The average Bonchev–Trinajstić information content (AvgIpc) is 2.46. The Balaban J connectivity index is 2.27. The van der Waals surface area contributed by atoms with Crippen LogP contribution >= 0.6 is 0 Å². The summed E-state index contributed by atoms with van der Waals surface area (Å²) in [5.74, 6) is -0.440. The van der Waals surface area contributed by atoms with Crippen molar-refractivity contribution < 1.29 is 22.1 Å². The Hall–Kier alpha value is -2.54. The summed E-state index contributed by atoms with van der Waals surface area (Å²) in [4.78, 5) is 11.2. The van der Waals surface area contributed by atoms with Crippen LogP contribution in [-0.4, -0.2) is 21.5 Å². The number of ether oxygens (including phenoxy) is 1. The Bertz CT molecular complexity index is 797. The van der Waals surface area contributed by atoms with Gasteiger partial charge in [0.2, 0.25) is 0 Å². The van der Waals surface area contributed by atoms with Crippen LogP contribution in [0.3, 0.4) is 0 Å². The molecule has 0 radical (unpaired) electrons. The molecule has 0 spiro atoms. The molecule has 0 amide bonds. The van der Waals surface area contributed by atoms with Gasteiger partial charge in [-0.1, -0.05) is 6.07 Å². The van der Waals surface area contributed by atoms with E-state index in [9.17, 15) is 13.2 Å². The highest BCUT2D eigenvalue weighted by atomic mass is 32.2. The molecule has 0 aliphatic carbocycles. The molecule has 0 bridgehead atoms. The average molecular weight is 321 g/mol. The molecule has 6 nitrogen and oxygen atoms in total. The SMILES string of the molecule is COC(=O)c1ccc(OS(=O)(=O)c2ccc(C)cc2N)cc1. The van der Waals surface area contributed by atoms with Crippen molar-refractivity contribution in [1.29, 1.82) is 0 Å². The number of aryl methyl sites for hydroxylation is 1. The van der Waals surface area contributed by atoms with Crippen molar-refractivity contribution in [3.05, 3.63) is 53.6 Å². The maximum Gasteiger partial charge on any atom is 0.341 e. The Morgan fingerprint density at radius 1 is 1.09 bits per heavy atom. The lowest BCUT2D eigenvalue weighted by molar-refractivity contribution is 0.0600. The molecule has 0 aliphatic heterocycles. The van der Waals surface area contributed by atoms with Gasteiger partial charge in [0.1, 0.15) is 10.6 Å². The van der Waals surface area contributed by atoms with Crippen molar-refractivity contribution in [2.24, 2.45) is 0 Å². The lowest BCUT2D eigenvalue weighted by Gasteiger charge is -2.10. The molecule has 0 aliphatic rings. The van der Waals surface area contributed by atoms with E-state index in [4.69, 9.17) is 9.92 Å². The van der Waals surface area contributed by atoms with Crippen LogP contribution in [0.1, 0.15) is 15.9 Å². The Morgan fingerprint density at radius 2 is 1.73 bits per heavy atom. The monoisotopic (exact) mass is 321 g/mol. The number of methoxy groups -OCH3 is 1. The van der Waals surface area contributed by atoms with E-state index in [-0.39, 0.29) is 16.3 Å². The number of carbonyl (C=O) groups excluding carboxylic acids is 1. The molecule has 0 fully saturated rings. The molecule has 0 saturated heterocycles. The number of benzene rings is 2. The molecular formula is C15H15NO5S. The van der Waals surface area contributed by atoms with Gasteiger partial charge in [-0.2, -0.15) is 8.42 Å². The molecule has 7 heteroatoms. The predicted molar refractivity (Wildman–Crippen MR) is 81.2 cm³/mol. The van der Waals surface area contributed by atoms with Gasteiger partial charge in [-0.25, -0.2) is 4.79 Å². The first-order valence-electron chi connectivity index (χ1n) is 6.32. The summed E-state index contributed by atoms with van der Waals surface area (Å²) in [7, 11) is -2.78. The molecule has 2 N–H and O–H groups in total. The van der Waals surface area contributed by atoms with Crippen LogP contribution in [-0.2, 0) is 14.9 Å². The fraction of sp³-hybridized carbons (Fsp3) is 0.133. The van der Waals surface area contributed by atoms with Gasteiger partial charge in [0, 0.05) is 0 Å². The number of nitrogen functional groups attached to an aromatic ring is 1. The molecule has 0 atom stereocenters. The minimum atomic E-state index is -4.04. The van der Waals surface area contributed by atoms with E-state index in [0.717, 1.165) is 5.56 Å². The molecule has 0 aromatic heterocycles. The maximum absolute atomic E-state index is 12.2. The number of anilines is 1. The Labute approximate surface area is 128 Å². The summed E-state index contributed by atoms with van der Waals surface area (Å²) in [5.41, 5.74) is 6.98. The van der Waals surface area contributed by atoms with Gasteiger partial charge in [-0.05, 0) is 48.9 Å². The van der Waals surface area contributed by atoms with E-state index in [0.29, 0.717) is 5.56 Å². The summed E-state index contributed by atoms with van der Waals surface area (Å²) in [6.45, 7) is 1.80. The molecule has 2 aromatic rings. The number of hydrogen-bond acceptors (Lipinski definition) is 6. The molecule has 0 saturated carbocycles. The second kappa shape index (κ2) is 6.07. The van der Waals surface area contributed by atoms with Crippen molar-refractivity contribution in [3.8, 4) is 5.75 Å². The molecule has 2 rings (SSSR count). The minimum absolute atomic E-state index is 0.0765. The summed E-state index contributed by atoms with van der Waals surface area (Å²) < 4.78 is 34.0. The summed E-state index contributed by atoms with van der Waals surface area (Å²) >= 11 is 0. The highest BCUT2D eigenvalue weighted by Gasteiger charge is 2.20. The lowest BCUT2D eigenvalue weighted by atomic mass is 10.2. The van der Waals surface area contributed by atoms with E-state index in [1.54, 1.807) is 19.1 Å². The maximum atomic E-state index is 12.2. The van der Waals surface area contributed by atoms with Crippen molar-refractivity contribution in [1.82, 2.24) is 0 Å². The second-order valence-corrected chi connectivity index (χ2v) is 6.11. The quantitative estimate of drug-likeness (QED) is 0.526. The first kappa shape index (κ1) is 15.8. The topological polar surface area (TPSA) is 95.7 Å². The van der Waals surface area contributed by atoms with Crippen LogP contribution in [0.2, 0.25) is 0 Å². The van der Waals surface area contributed by atoms with Crippen LogP contribution in [0.15, 0.2) is 47.4 Å². The zero-order chi connectivity index (χ0) is 16.3. The van der Waals surface area contributed by atoms with E-state index in [2.05, 4.69) is 4.74 Å². The highest BCUT2D eigenvalue weighted by Crippen LogP contribution is 2.24. The van der Waals surface area contributed by atoms with Crippen molar-refractivity contribution >= 4 is 21.8 Å². The van der Waals surface area contributed by atoms with Gasteiger partial charge in [0.15, 0.2) is 0 Å². The first-order valence-corrected chi connectivity index (χ1v) is 7.73. The summed E-state index contributed by atoms with van der Waals surface area (Å²) in [6, 6.07) is 10.1. The predicted octanol–water partition coefficient (Wildman–Crippen LogP) is 2.13. The normalized spacial score (nSPS) is 11.0. The van der Waals surface area contributed by atoms with Crippen LogP contribution in [0, 0.1) is 6.92 Å². The number of carbonyl (C=O) groups is 1. The first-order chi connectivity index (χ1) is 10.3. The number of nitrogens with two attached hydrogens (primary N) is 1. The highest BCUT2D eigenvalue weighted by molar-refractivity contribution is 7.87. The van der Waals surface area contributed by atoms with Gasteiger partial charge >= 0.3 is 16.1 Å². The zero-order valence-electron chi connectivity index (χ0n) is 12.1. The molecule has 116 valence electrons. The molecule has 0 heterocycles. The number of rotatable bonds is 4. The van der Waals surface area contributed by atoms with Crippen molar-refractivity contribution in [3.63, 3.8) is 0 Å². The third kappa shape index (κ3) is 3.37.